The van der Waals surface area contributed by atoms with Gasteiger partial charge < -0.3 is 10.6 Å². The van der Waals surface area contributed by atoms with Crippen molar-refractivity contribution in [3.05, 3.63) is 76.8 Å². The van der Waals surface area contributed by atoms with Gasteiger partial charge in [0.25, 0.3) is 5.91 Å². The number of nitrogens with zero attached hydrogens (tertiary/aromatic N) is 1. The van der Waals surface area contributed by atoms with Gasteiger partial charge in [0.1, 0.15) is 12.1 Å². The molecule has 4 amide bonds. The molecule has 2 N–H and O–H groups in total. The number of nitrogens with one attached hydrogen (secondary N) is 2. The standard InChI is InChI=1S/C23H20ClN3O3/c1-14-10-11-16(24)12-19(14)25-20(28)13-27-21(29)23(2,26-22(27)30)18-9-5-7-15-6-3-4-8-17(15)18/h3-12H,13H2,1-2H3,(H,25,28)(H,26,30). The Morgan fingerprint density at radius 3 is 2.63 bits per heavy atom. The van der Waals surface area contributed by atoms with E-state index in [2.05, 4.69) is 10.6 Å². The monoisotopic (exact) mass is 421 g/mol. The predicted molar refractivity (Wildman–Crippen MR) is 116 cm³/mol. The zero-order valence-electron chi connectivity index (χ0n) is 16.5. The van der Waals surface area contributed by atoms with Crippen molar-refractivity contribution < 1.29 is 14.4 Å². The van der Waals surface area contributed by atoms with Gasteiger partial charge in [-0.05, 0) is 47.9 Å². The number of rotatable bonds is 4. The van der Waals surface area contributed by atoms with Gasteiger partial charge in [0.15, 0.2) is 0 Å². The minimum Gasteiger partial charge on any atom is -0.324 e. The highest BCUT2D eigenvalue weighted by molar-refractivity contribution is 6.31. The highest BCUT2D eigenvalue weighted by Crippen LogP contribution is 2.33. The van der Waals surface area contributed by atoms with Gasteiger partial charge in [-0.15, -0.1) is 0 Å². The number of hydrogen-bond acceptors (Lipinski definition) is 3. The molecule has 0 aromatic heterocycles. The van der Waals surface area contributed by atoms with Crippen LogP contribution in [0.3, 0.4) is 0 Å². The van der Waals surface area contributed by atoms with Crippen LogP contribution in [0.4, 0.5) is 10.5 Å². The van der Waals surface area contributed by atoms with Crippen LogP contribution < -0.4 is 10.6 Å². The van der Waals surface area contributed by atoms with Crippen LogP contribution >= 0.6 is 11.6 Å². The fourth-order valence-electron chi connectivity index (χ4n) is 3.75. The SMILES string of the molecule is Cc1ccc(Cl)cc1NC(=O)CN1C(=O)NC(C)(c2cccc3ccccc23)C1=O. The molecule has 3 aromatic carbocycles. The Bertz CT molecular complexity index is 1190. The lowest BCUT2D eigenvalue weighted by molar-refractivity contribution is -0.133. The van der Waals surface area contributed by atoms with Crippen LogP contribution in [0.15, 0.2) is 60.7 Å². The van der Waals surface area contributed by atoms with Crippen molar-refractivity contribution in [3.8, 4) is 0 Å². The highest BCUT2D eigenvalue weighted by Gasteiger charge is 2.50. The normalized spacial score (nSPS) is 18.6. The number of aryl methyl sites for hydroxylation is 1. The highest BCUT2D eigenvalue weighted by atomic mass is 35.5. The predicted octanol–water partition coefficient (Wildman–Crippen LogP) is 4.21. The average molecular weight is 422 g/mol. The van der Waals surface area contributed by atoms with E-state index < -0.39 is 29.9 Å². The number of anilines is 1. The summed E-state index contributed by atoms with van der Waals surface area (Å²) in [6.45, 7) is 3.10. The van der Waals surface area contributed by atoms with E-state index in [0.29, 0.717) is 16.3 Å². The number of benzene rings is 3. The number of carbonyl (C=O) groups is 3. The molecule has 6 nitrogen and oxygen atoms in total. The molecule has 7 heteroatoms. The first-order valence-electron chi connectivity index (χ1n) is 9.48. The Balaban J connectivity index is 1.59. The second-order valence-electron chi connectivity index (χ2n) is 7.48. The lowest BCUT2D eigenvalue weighted by Crippen LogP contribution is -2.42. The molecule has 152 valence electrons. The maximum Gasteiger partial charge on any atom is 0.325 e. The largest absolute Gasteiger partial charge is 0.325 e. The first-order chi connectivity index (χ1) is 14.3. The van der Waals surface area contributed by atoms with Crippen LogP contribution in [0.1, 0.15) is 18.1 Å². The second-order valence-corrected chi connectivity index (χ2v) is 7.92. The first kappa shape index (κ1) is 19.9. The third-order valence-electron chi connectivity index (χ3n) is 5.38. The Morgan fingerprint density at radius 2 is 1.83 bits per heavy atom. The van der Waals surface area contributed by atoms with Crippen molar-refractivity contribution in [1.82, 2.24) is 10.2 Å². The zero-order valence-corrected chi connectivity index (χ0v) is 17.3. The van der Waals surface area contributed by atoms with Crippen molar-refractivity contribution in [2.45, 2.75) is 19.4 Å². The van der Waals surface area contributed by atoms with Crippen molar-refractivity contribution >= 4 is 45.9 Å². The molecule has 0 bridgehead atoms. The van der Waals surface area contributed by atoms with Gasteiger partial charge in [0.2, 0.25) is 5.91 Å². The Kier molecular flexibility index (Phi) is 4.95. The van der Waals surface area contributed by atoms with Crippen molar-refractivity contribution in [2.24, 2.45) is 0 Å². The van der Waals surface area contributed by atoms with Crippen LogP contribution in [-0.2, 0) is 15.1 Å². The summed E-state index contributed by atoms with van der Waals surface area (Å²) >= 11 is 5.99. The fraction of sp³-hybridized carbons (Fsp3) is 0.174. The summed E-state index contributed by atoms with van der Waals surface area (Å²) in [6.07, 6.45) is 0. The summed E-state index contributed by atoms with van der Waals surface area (Å²) in [4.78, 5) is 39.3. The second kappa shape index (κ2) is 7.46. The van der Waals surface area contributed by atoms with Crippen LogP contribution in [0.5, 0.6) is 0 Å². The molecule has 1 saturated heterocycles. The molecular formula is C23H20ClN3O3. The summed E-state index contributed by atoms with van der Waals surface area (Å²) in [7, 11) is 0. The molecule has 0 spiro atoms. The quantitative estimate of drug-likeness (QED) is 0.619. The van der Waals surface area contributed by atoms with Crippen molar-refractivity contribution in [3.63, 3.8) is 0 Å². The van der Waals surface area contributed by atoms with E-state index in [4.69, 9.17) is 11.6 Å². The van der Waals surface area contributed by atoms with Crippen LogP contribution in [-0.4, -0.2) is 29.3 Å². The van der Waals surface area contributed by atoms with Crippen LogP contribution in [0.2, 0.25) is 5.02 Å². The van der Waals surface area contributed by atoms with Crippen LogP contribution in [0.25, 0.3) is 10.8 Å². The topological polar surface area (TPSA) is 78.5 Å². The third-order valence-corrected chi connectivity index (χ3v) is 5.61. The lowest BCUT2D eigenvalue weighted by Gasteiger charge is -2.24. The molecule has 1 atom stereocenters. The van der Waals surface area contributed by atoms with E-state index in [1.54, 1.807) is 25.1 Å². The van der Waals surface area contributed by atoms with Gasteiger partial charge >= 0.3 is 6.03 Å². The average Bonchev–Trinajstić information content (AvgIpc) is 2.94. The van der Waals surface area contributed by atoms with E-state index in [1.165, 1.54) is 0 Å². The molecule has 1 heterocycles. The minimum absolute atomic E-state index is 0.392. The molecule has 0 saturated carbocycles. The number of imide groups is 1. The number of carbonyl (C=O) groups excluding carboxylic acids is 3. The summed E-state index contributed by atoms with van der Waals surface area (Å²) < 4.78 is 0. The summed E-state index contributed by atoms with van der Waals surface area (Å²) in [5, 5.41) is 7.80. The molecule has 3 aromatic rings. The zero-order chi connectivity index (χ0) is 21.5. The maximum absolute atomic E-state index is 13.2. The van der Waals surface area contributed by atoms with Gasteiger partial charge in [0, 0.05) is 10.7 Å². The van der Waals surface area contributed by atoms with Gasteiger partial charge in [-0.2, -0.15) is 0 Å². The molecule has 30 heavy (non-hydrogen) atoms. The summed E-state index contributed by atoms with van der Waals surface area (Å²) in [6, 6.07) is 17.8. The number of halogens is 1. The Hall–Kier alpha value is -3.38. The van der Waals surface area contributed by atoms with Crippen LogP contribution in [0, 0.1) is 6.92 Å². The number of hydrogen-bond donors (Lipinski definition) is 2. The summed E-state index contributed by atoms with van der Waals surface area (Å²) in [5.41, 5.74) is 0.791. The van der Waals surface area contributed by atoms with E-state index in [-0.39, 0.29) is 0 Å². The molecule has 1 aliphatic rings. The van der Waals surface area contributed by atoms with Gasteiger partial charge in [-0.3, -0.25) is 14.5 Å². The fourth-order valence-corrected chi connectivity index (χ4v) is 3.92. The molecule has 0 aliphatic carbocycles. The Labute approximate surface area is 178 Å². The Morgan fingerprint density at radius 1 is 1.10 bits per heavy atom. The number of urea groups is 1. The molecule has 1 aliphatic heterocycles. The number of amides is 4. The molecular weight excluding hydrogens is 402 g/mol. The van der Waals surface area contributed by atoms with E-state index in [0.717, 1.165) is 21.2 Å². The number of fused-ring (bicyclic) bond motifs is 1. The molecule has 1 unspecified atom stereocenters. The van der Waals surface area contributed by atoms with Crippen molar-refractivity contribution in [2.75, 3.05) is 11.9 Å². The van der Waals surface area contributed by atoms with E-state index in [1.807, 2.05) is 49.4 Å². The molecule has 1 fully saturated rings. The maximum atomic E-state index is 13.2. The third kappa shape index (κ3) is 3.39. The minimum atomic E-state index is -1.26. The molecule has 4 rings (SSSR count). The van der Waals surface area contributed by atoms with E-state index >= 15 is 0 Å². The van der Waals surface area contributed by atoms with E-state index in [9.17, 15) is 14.4 Å². The van der Waals surface area contributed by atoms with Crippen molar-refractivity contribution in [1.29, 1.82) is 0 Å². The van der Waals surface area contributed by atoms with Gasteiger partial charge in [-0.25, -0.2) is 4.79 Å². The lowest BCUT2D eigenvalue weighted by atomic mass is 9.88. The molecule has 0 radical (unpaired) electrons. The van der Waals surface area contributed by atoms with Gasteiger partial charge in [0.05, 0.1) is 0 Å². The smallest absolute Gasteiger partial charge is 0.324 e. The first-order valence-corrected chi connectivity index (χ1v) is 9.86. The summed E-state index contributed by atoms with van der Waals surface area (Å²) in [5.74, 6) is -0.951. The van der Waals surface area contributed by atoms with Gasteiger partial charge in [-0.1, -0.05) is 60.1 Å².